The molecule has 3 amide bonds. The molecule has 2 aliphatic rings. The molecule has 0 radical (unpaired) electrons. The van der Waals surface area contributed by atoms with Crippen LogP contribution in [0.5, 0.6) is 0 Å². The largest absolute Gasteiger partial charge is 0.481 e. The highest BCUT2D eigenvalue weighted by molar-refractivity contribution is 5.99. The molecule has 140 valence electrons. The van der Waals surface area contributed by atoms with Gasteiger partial charge in [-0.3, -0.25) is 14.5 Å². The van der Waals surface area contributed by atoms with Crippen molar-refractivity contribution in [2.24, 2.45) is 0 Å². The molecule has 9 heteroatoms. The van der Waals surface area contributed by atoms with Gasteiger partial charge >= 0.3 is 12.0 Å². The number of urea groups is 1. The van der Waals surface area contributed by atoms with E-state index < -0.39 is 23.2 Å². The first-order valence-electron chi connectivity index (χ1n) is 8.37. The number of benzene rings is 1. The fourth-order valence-electron chi connectivity index (χ4n) is 3.28. The van der Waals surface area contributed by atoms with E-state index >= 15 is 0 Å². The molecule has 0 atom stereocenters. The van der Waals surface area contributed by atoms with Crippen LogP contribution < -0.4 is 15.5 Å². The molecule has 2 heterocycles. The molecule has 0 saturated carbocycles. The van der Waals surface area contributed by atoms with Gasteiger partial charge in [-0.1, -0.05) is 0 Å². The van der Waals surface area contributed by atoms with Crippen molar-refractivity contribution >= 4 is 23.6 Å². The van der Waals surface area contributed by atoms with E-state index in [1.54, 1.807) is 0 Å². The molecule has 2 aliphatic heterocycles. The van der Waals surface area contributed by atoms with Crippen molar-refractivity contribution in [1.29, 1.82) is 0 Å². The van der Waals surface area contributed by atoms with Crippen LogP contribution in [0, 0.1) is 5.82 Å². The van der Waals surface area contributed by atoms with Crippen molar-refractivity contribution in [3.05, 3.63) is 29.6 Å². The molecule has 2 saturated heterocycles. The second-order valence-corrected chi connectivity index (χ2v) is 6.47. The summed E-state index contributed by atoms with van der Waals surface area (Å²) >= 11 is 0. The van der Waals surface area contributed by atoms with E-state index in [0.29, 0.717) is 44.8 Å². The minimum absolute atomic E-state index is 0.224. The molecular formula is C17H20FN3O5. The monoisotopic (exact) mass is 365 g/mol. The van der Waals surface area contributed by atoms with Crippen molar-refractivity contribution in [1.82, 2.24) is 10.6 Å². The lowest BCUT2D eigenvalue weighted by molar-refractivity contribution is -0.139. The summed E-state index contributed by atoms with van der Waals surface area (Å²) in [4.78, 5) is 37.1. The molecule has 0 bridgehead atoms. The molecule has 1 aromatic rings. The van der Waals surface area contributed by atoms with Crippen LogP contribution in [0.15, 0.2) is 18.2 Å². The number of rotatable bonds is 5. The van der Waals surface area contributed by atoms with Gasteiger partial charge in [0.05, 0.1) is 17.5 Å². The van der Waals surface area contributed by atoms with Crippen molar-refractivity contribution in [2.45, 2.75) is 24.8 Å². The van der Waals surface area contributed by atoms with Crippen LogP contribution >= 0.6 is 0 Å². The first-order valence-corrected chi connectivity index (χ1v) is 8.37. The summed E-state index contributed by atoms with van der Waals surface area (Å²) in [5, 5.41) is 14.5. The summed E-state index contributed by atoms with van der Waals surface area (Å²) in [7, 11) is 0. The Morgan fingerprint density at radius 3 is 2.69 bits per heavy atom. The smallest absolute Gasteiger partial charge is 0.321 e. The van der Waals surface area contributed by atoms with Gasteiger partial charge in [0.2, 0.25) is 0 Å². The second kappa shape index (κ2) is 7.28. The average molecular weight is 365 g/mol. The lowest BCUT2D eigenvalue weighted by Crippen LogP contribution is -2.53. The van der Waals surface area contributed by atoms with Gasteiger partial charge in [-0.15, -0.1) is 0 Å². The number of amides is 3. The molecule has 3 rings (SSSR count). The van der Waals surface area contributed by atoms with E-state index in [-0.39, 0.29) is 18.0 Å². The number of carbonyl (C=O) groups excluding carboxylic acids is 2. The maximum atomic E-state index is 14.2. The summed E-state index contributed by atoms with van der Waals surface area (Å²) in [5.41, 5.74) is -0.793. The average Bonchev–Trinajstić information content (AvgIpc) is 3.01. The van der Waals surface area contributed by atoms with Crippen LogP contribution in [-0.2, 0) is 9.53 Å². The molecule has 1 aromatic carbocycles. The highest BCUT2D eigenvalue weighted by Crippen LogP contribution is 2.27. The Balaban J connectivity index is 1.84. The fraction of sp³-hybridized carbons (Fsp3) is 0.471. The fourth-order valence-corrected chi connectivity index (χ4v) is 3.28. The summed E-state index contributed by atoms with van der Waals surface area (Å²) < 4.78 is 19.5. The van der Waals surface area contributed by atoms with E-state index in [9.17, 15) is 18.8 Å². The SMILES string of the molecule is O=C(O)CC1(NC(=O)c2cc(N3CCNC3=O)ccc2F)CCOCC1. The molecule has 2 fully saturated rings. The number of aliphatic carboxylic acids is 1. The van der Waals surface area contributed by atoms with Gasteiger partial charge in [-0.25, -0.2) is 9.18 Å². The molecule has 0 spiro atoms. The van der Waals surface area contributed by atoms with Crippen LogP contribution in [0.25, 0.3) is 0 Å². The van der Waals surface area contributed by atoms with E-state index in [1.165, 1.54) is 17.0 Å². The number of carbonyl (C=O) groups is 3. The van der Waals surface area contributed by atoms with Crippen molar-refractivity contribution < 1.29 is 28.6 Å². The van der Waals surface area contributed by atoms with E-state index in [4.69, 9.17) is 9.84 Å². The lowest BCUT2D eigenvalue weighted by Gasteiger charge is -2.36. The molecule has 0 aromatic heterocycles. The van der Waals surface area contributed by atoms with Crippen LogP contribution in [-0.4, -0.2) is 54.9 Å². The van der Waals surface area contributed by atoms with Crippen LogP contribution in [0.3, 0.4) is 0 Å². The standard InChI is InChI=1S/C17H20FN3O5/c18-13-2-1-11(21-6-5-19-16(21)25)9-12(13)15(24)20-17(10-14(22)23)3-7-26-8-4-17/h1-2,9H,3-8,10H2,(H,19,25)(H,20,24)(H,22,23). The van der Waals surface area contributed by atoms with Crippen LogP contribution in [0.4, 0.5) is 14.9 Å². The van der Waals surface area contributed by atoms with Crippen molar-refractivity contribution in [3.63, 3.8) is 0 Å². The summed E-state index contributed by atoms with van der Waals surface area (Å²) in [6, 6.07) is 3.56. The molecular weight excluding hydrogens is 345 g/mol. The number of hydrogen-bond donors (Lipinski definition) is 3. The Morgan fingerprint density at radius 2 is 2.08 bits per heavy atom. The zero-order valence-electron chi connectivity index (χ0n) is 14.1. The molecule has 0 aliphatic carbocycles. The van der Waals surface area contributed by atoms with E-state index in [1.807, 2.05) is 0 Å². The summed E-state index contributed by atoms with van der Waals surface area (Å²) in [5.74, 6) is -2.48. The zero-order valence-corrected chi connectivity index (χ0v) is 14.1. The predicted molar refractivity (Wildman–Crippen MR) is 89.6 cm³/mol. The normalized spacial score (nSPS) is 19.1. The van der Waals surface area contributed by atoms with Gasteiger partial charge in [0.1, 0.15) is 5.82 Å². The topological polar surface area (TPSA) is 108 Å². The number of halogens is 1. The maximum absolute atomic E-state index is 14.2. The van der Waals surface area contributed by atoms with Gasteiger partial charge in [0, 0.05) is 32.0 Å². The Kier molecular flexibility index (Phi) is 5.08. The maximum Gasteiger partial charge on any atom is 0.321 e. The Bertz CT molecular complexity index is 733. The van der Waals surface area contributed by atoms with Crippen molar-refractivity contribution in [2.75, 3.05) is 31.2 Å². The third-order valence-corrected chi connectivity index (χ3v) is 4.68. The highest BCUT2D eigenvalue weighted by atomic mass is 19.1. The number of nitrogens with one attached hydrogen (secondary N) is 2. The van der Waals surface area contributed by atoms with Gasteiger partial charge in [-0.2, -0.15) is 0 Å². The Morgan fingerprint density at radius 1 is 1.35 bits per heavy atom. The predicted octanol–water partition coefficient (Wildman–Crippen LogP) is 1.11. The Hall–Kier alpha value is -2.68. The van der Waals surface area contributed by atoms with Crippen molar-refractivity contribution in [3.8, 4) is 0 Å². The second-order valence-electron chi connectivity index (χ2n) is 6.47. The summed E-state index contributed by atoms with van der Waals surface area (Å²) in [6.07, 6.45) is 0.402. The van der Waals surface area contributed by atoms with Gasteiger partial charge in [0.25, 0.3) is 5.91 Å². The number of ether oxygens (including phenoxy) is 1. The minimum Gasteiger partial charge on any atom is -0.481 e. The minimum atomic E-state index is -1.05. The third kappa shape index (κ3) is 3.77. The lowest BCUT2D eigenvalue weighted by atomic mass is 9.86. The molecule has 8 nitrogen and oxygen atoms in total. The highest BCUT2D eigenvalue weighted by Gasteiger charge is 2.37. The van der Waals surface area contributed by atoms with Crippen LogP contribution in [0.2, 0.25) is 0 Å². The number of anilines is 1. The summed E-state index contributed by atoms with van der Waals surface area (Å²) in [6.45, 7) is 1.54. The molecule has 0 unspecified atom stereocenters. The number of hydrogen-bond acceptors (Lipinski definition) is 4. The Labute approximate surface area is 149 Å². The zero-order chi connectivity index (χ0) is 18.7. The molecule has 26 heavy (non-hydrogen) atoms. The van der Waals surface area contributed by atoms with Gasteiger partial charge in [0.15, 0.2) is 0 Å². The number of carboxylic acids is 1. The first kappa shape index (κ1) is 18.1. The van der Waals surface area contributed by atoms with Gasteiger partial charge in [-0.05, 0) is 31.0 Å². The number of carboxylic acid groups (broad SMARTS) is 1. The van der Waals surface area contributed by atoms with Gasteiger partial charge < -0.3 is 20.5 Å². The third-order valence-electron chi connectivity index (χ3n) is 4.68. The first-order chi connectivity index (χ1) is 12.4. The van der Waals surface area contributed by atoms with Crippen LogP contribution in [0.1, 0.15) is 29.6 Å². The quantitative estimate of drug-likeness (QED) is 0.724. The van der Waals surface area contributed by atoms with E-state index in [0.717, 1.165) is 6.07 Å². The molecule has 3 N–H and O–H groups in total. The number of nitrogens with zero attached hydrogens (tertiary/aromatic N) is 1. The van der Waals surface area contributed by atoms with E-state index in [2.05, 4.69) is 10.6 Å².